The summed E-state index contributed by atoms with van der Waals surface area (Å²) < 4.78 is 63.3. The maximum Gasteiger partial charge on any atom is 0.407 e. The summed E-state index contributed by atoms with van der Waals surface area (Å²) in [7, 11) is 2.40. The molecule has 0 bridgehead atoms. The number of aromatic amines is 1. The van der Waals surface area contributed by atoms with Crippen LogP contribution in [0.3, 0.4) is 0 Å². The number of aliphatic imine (C=N–C) groups is 1. The zero-order chi connectivity index (χ0) is 45.5. The molecule has 2 fully saturated rings. The average Bonchev–Trinajstić information content (AvgIpc) is 4.06. The highest BCUT2D eigenvalue weighted by Crippen LogP contribution is 2.46. The van der Waals surface area contributed by atoms with Gasteiger partial charge in [-0.1, -0.05) is 39.8 Å². The number of imidazole rings is 1. The topological polar surface area (TPSA) is 198 Å². The van der Waals surface area contributed by atoms with Crippen molar-refractivity contribution in [2.24, 2.45) is 22.6 Å². The quantitative estimate of drug-likeness (QED) is 0.118. The van der Waals surface area contributed by atoms with Gasteiger partial charge in [-0.2, -0.15) is 0 Å². The second-order valence-electron chi connectivity index (χ2n) is 16.8. The van der Waals surface area contributed by atoms with Gasteiger partial charge >= 0.3 is 12.2 Å². The third-order valence-corrected chi connectivity index (χ3v) is 11.8. The fourth-order valence-electron chi connectivity index (χ4n) is 8.54. The van der Waals surface area contributed by atoms with Crippen LogP contribution in [0.1, 0.15) is 77.5 Å². The zero-order valence-electron chi connectivity index (χ0n) is 36.1. The lowest BCUT2D eigenvalue weighted by Gasteiger charge is -2.30. The Balaban J connectivity index is 1.11. The van der Waals surface area contributed by atoms with E-state index in [2.05, 4.69) is 30.3 Å². The Kier molecular flexibility index (Phi) is 12.5. The summed E-state index contributed by atoms with van der Waals surface area (Å²) in [5, 5.41) is 5.36. The molecule has 0 saturated carbocycles. The Morgan fingerprint density at radius 2 is 1.67 bits per heavy atom. The molecule has 2 saturated heterocycles. The van der Waals surface area contributed by atoms with Crippen LogP contribution in [0.2, 0.25) is 0 Å². The van der Waals surface area contributed by atoms with Crippen LogP contribution in [0.5, 0.6) is 5.75 Å². The number of likely N-dealkylation sites (tertiary alicyclic amines) is 2. The lowest BCUT2D eigenvalue weighted by atomic mass is 10.0. The molecular formula is C44H52F3N9O7. The molecule has 4 amide bonds. The molecule has 5 atom stereocenters. The van der Waals surface area contributed by atoms with Gasteiger partial charge in [-0.05, 0) is 61.4 Å². The van der Waals surface area contributed by atoms with E-state index in [0.717, 1.165) is 24.0 Å². The van der Waals surface area contributed by atoms with Crippen molar-refractivity contribution >= 4 is 46.8 Å². The number of nitrogens with zero attached hydrogens (tertiary/aromatic N) is 5. The second kappa shape index (κ2) is 17.7. The average molecular weight is 876 g/mol. The number of rotatable bonds is 11. The molecular weight excluding hydrogens is 824 g/mol. The third kappa shape index (κ3) is 8.77. The molecule has 4 aromatic rings. The molecule has 3 aliphatic heterocycles. The number of methoxy groups -OCH3 is 2. The summed E-state index contributed by atoms with van der Waals surface area (Å²) in [6.07, 6.45) is 2.81. The highest BCUT2D eigenvalue weighted by molar-refractivity contribution is 5.93. The number of benzene rings is 2. The number of hydrogen-bond donors (Lipinski definition) is 4. The van der Waals surface area contributed by atoms with Gasteiger partial charge in [0.05, 0.1) is 67.8 Å². The van der Waals surface area contributed by atoms with Crippen molar-refractivity contribution in [1.82, 2.24) is 35.0 Å². The predicted octanol–water partition coefficient (Wildman–Crippen LogP) is 6.74. The smallest absolute Gasteiger partial charge is 0.407 e. The van der Waals surface area contributed by atoms with E-state index >= 15 is 4.39 Å². The number of alkyl halides is 2. The molecule has 0 spiro atoms. The van der Waals surface area contributed by atoms with E-state index in [1.807, 2.05) is 32.9 Å². The van der Waals surface area contributed by atoms with Crippen LogP contribution < -0.4 is 21.1 Å². The normalized spacial score (nSPS) is 20.4. The SMILES string of the molecule is COC(=O)N[C@H](C(=O)N1CC(F)(F)C[C@@H]1/C=N/C=C(\N)c1ccc2c(c1)c(F)c1n2C(C)Oc2cc(-c3cnc([C@@H]4CCCN4C(=O)[C@@H](NC(=O)OC)C(C)C)[nH]3)ccc2-1)C(C)C. The molecule has 5 N–H and O–H groups in total. The zero-order valence-corrected chi connectivity index (χ0v) is 36.1. The summed E-state index contributed by atoms with van der Waals surface area (Å²) in [6.45, 7) is 8.54. The lowest BCUT2D eigenvalue weighted by molar-refractivity contribution is -0.136. The van der Waals surface area contributed by atoms with E-state index in [1.165, 1.54) is 19.5 Å². The monoisotopic (exact) mass is 875 g/mol. The maximum atomic E-state index is 16.6. The largest absolute Gasteiger partial charge is 0.470 e. The standard InChI is InChI=1S/C44H52F3N9O7/c1-22(2)36(52-42(59)61-6)40(57)54-14-8-9-33(54)39-50-20-31(51-39)26-10-12-28-34(16-26)63-24(5)56-32-13-11-25(15-29(32)35(45)38(28)56)30(48)19-49-18-27-17-44(46,47)21-55(27)41(58)37(23(3)4)53-43(60)62-7/h10-13,15-16,18-20,22-24,27,33,36-37H,8-9,14,17,21,48H2,1-7H3,(H,50,51)(H,52,59)(H,53,60)/b30-19-,49-18+/t24?,27-,33+,36+,37+/m1/s1. The Labute approximate surface area is 362 Å². The van der Waals surface area contributed by atoms with Crippen molar-refractivity contribution in [3.63, 3.8) is 0 Å². The van der Waals surface area contributed by atoms with Gasteiger partial charge in [0.2, 0.25) is 11.8 Å². The second-order valence-corrected chi connectivity index (χ2v) is 16.8. The summed E-state index contributed by atoms with van der Waals surface area (Å²) in [5.41, 5.74) is 9.76. The van der Waals surface area contributed by atoms with Gasteiger partial charge in [0, 0.05) is 35.7 Å². The number of hydrogen-bond acceptors (Lipinski definition) is 10. The van der Waals surface area contributed by atoms with Gasteiger partial charge in [-0.3, -0.25) is 14.6 Å². The minimum absolute atomic E-state index is 0.128. The first kappa shape index (κ1) is 44.5. The first-order valence-corrected chi connectivity index (χ1v) is 20.8. The van der Waals surface area contributed by atoms with Gasteiger partial charge in [0.15, 0.2) is 12.0 Å². The van der Waals surface area contributed by atoms with Crippen LogP contribution in [0.25, 0.3) is 39.1 Å². The molecule has 19 heteroatoms. The number of halogens is 3. The Hall–Kier alpha value is -6.53. The maximum absolute atomic E-state index is 16.6. The molecule has 336 valence electrons. The highest BCUT2D eigenvalue weighted by atomic mass is 19.3. The van der Waals surface area contributed by atoms with E-state index in [1.54, 1.807) is 53.8 Å². The molecule has 63 heavy (non-hydrogen) atoms. The number of nitrogens with two attached hydrogens (primary N) is 1. The Bertz CT molecular complexity index is 2480. The number of alkyl carbamates (subject to hydrolysis) is 2. The number of nitrogens with one attached hydrogen (secondary N) is 3. The van der Waals surface area contributed by atoms with Crippen LogP contribution in [0.4, 0.5) is 22.8 Å². The number of carbonyl (C=O) groups is 4. The molecule has 7 rings (SSSR count). The van der Waals surface area contributed by atoms with E-state index in [-0.39, 0.29) is 29.0 Å². The van der Waals surface area contributed by atoms with Crippen LogP contribution >= 0.6 is 0 Å². The van der Waals surface area contributed by atoms with Crippen molar-refractivity contribution in [3.8, 4) is 28.3 Å². The summed E-state index contributed by atoms with van der Waals surface area (Å²) in [5.74, 6) is -4.11. The first-order chi connectivity index (χ1) is 29.9. The summed E-state index contributed by atoms with van der Waals surface area (Å²) in [4.78, 5) is 65.8. The van der Waals surface area contributed by atoms with Gasteiger partial charge in [0.1, 0.15) is 23.7 Å². The van der Waals surface area contributed by atoms with E-state index in [9.17, 15) is 28.0 Å². The van der Waals surface area contributed by atoms with Crippen LogP contribution in [0, 0.1) is 17.7 Å². The molecule has 2 aromatic carbocycles. The first-order valence-electron chi connectivity index (χ1n) is 20.8. The fourth-order valence-corrected chi connectivity index (χ4v) is 8.54. The van der Waals surface area contributed by atoms with Crippen molar-refractivity contribution in [1.29, 1.82) is 0 Å². The number of ether oxygens (including phenoxy) is 3. The van der Waals surface area contributed by atoms with Crippen LogP contribution in [-0.4, -0.2) is 106 Å². The van der Waals surface area contributed by atoms with Gasteiger partial charge in [-0.15, -0.1) is 0 Å². The Morgan fingerprint density at radius 3 is 2.32 bits per heavy atom. The molecule has 2 aromatic heterocycles. The van der Waals surface area contributed by atoms with Crippen molar-refractivity contribution in [2.45, 2.75) is 90.2 Å². The van der Waals surface area contributed by atoms with Crippen LogP contribution in [-0.2, 0) is 19.1 Å². The number of carbonyl (C=O) groups excluding carboxylic acids is 4. The minimum Gasteiger partial charge on any atom is -0.470 e. The molecule has 3 aliphatic rings. The van der Waals surface area contributed by atoms with Gasteiger partial charge in [-0.25, -0.2) is 27.7 Å². The third-order valence-electron chi connectivity index (χ3n) is 11.8. The summed E-state index contributed by atoms with van der Waals surface area (Å²) in [6, 6.07) is 7.16. The van der Waals surface area contributed by atoms with Gasteiger partial charge < -0.3 is 49.9 Å². The summed E-state index contributed by atoms with van der Waals surface area (Å²) >= 11 is 0. The molecule has 16 nitrogen and oxygen atoms in total. The fraction of sp³-hybridized carbons (Fsp3) is 0.455. The number of aromatic nitrogens is 3. The van der Waals surface area contributed by atoms with E-state index in [4.69, 9.17) is 15.2 Å². The predicted molar refractivity (Wildman–Crippen MR) is 228 cm³/mol. The molecule has 5 heterocycles. The highest BCUT2D eigenvalue weighted by Gasteiger charge is 2.48. The van der Waals surface area contributed by atoms with Crippen molar-refractivity contribution in [2.75, 3.05) is 27.3 Å². The lowest BCUT2D eigenvalue weighted by Crippen LogP contribution is -2.53. The number of fused-ring (bicyclic) bond motifs is 5. The minimum atomic E-state index is -3.18. The molecule has 0 radical (unpaired) electrons. The van der Waals surface area contributed by atoms with Crippen molar-refractivity contribution in [3.05, 3.63) is 66.0 Å². The van der Waals surface area contributed by atoms with Crippen LogP contribution in [0.15, 0.2) is 53.8 Å². The molecule has 1 unspecified atom stereocenters. The Morgan fingerprint density at radius 1 is 1.00 bits per heavy atom. The molecule has 0 aliphatic carbocycles. The number of amides is 4. The van der Waals surface area contributed by atoms with E-state index < -0.39 is 73.1 Å². The van der Waals surface area contributed by atoms with E-state index in [0.29, 0.717) is 52.6 Å². The number of H-pyrrole nitrogens is 1. The van der Waals surface area contributed by atoms with Crippen molar-refractivity contribution < 1.29 is 46.6 Å². The van der Waals surface area contributed by atoms with Gasteiger partial charge in [0.25, 0.3) is 5.92 Å².